The van der Waals surface area contributed by atoms with Crippen molar-refractivity contribution >= 4 is 21.5 Å². The summed E-state index contributed by atoms with van der Waals surface area (Å²) in [5, 5.41) is 20.6. The van der Waals surface area contributed by atoms with Crippen LogP contribution in [0.5, 0.6) is 0 Å². The second-order valence-corrected chi connectivity index (χ2v) is 8.74. The summed E-state index contributed by atoms with van der Waals surface area (Å²) in [6, 6.07) is 7.85. The molecule has 11 heteroatoms. The molecule has 1 aliphatic rings. The van der Waals surface area contributed by atoms with E-state index in [1.165, 1.54) is 18.5 Å². The Balaban J connectivity index is 1.73. The molecule has 2 aromatic heterocycles. The van der Waals surface area contributed by atoms with E-state index in [9.17, 15) is 18.3 Å². The minimum Gasteiger partial charge on any atom is -0.478 e. The Morgan fingerprint density at radius 1 is 1.25 bits per heavy atom. The Kier molecular flexibility index (Phi) is 4.30. The Bertz CT molecular complexity index is 1130. The second kappa shape index (κ2) is 6.68. The zero-order valence-corrected chi connectivity index (χ0v) is 15.3. The smallest absolute Gasteiger partial charge is 0.335 e. The maximum absolute atomic E-state index is 12.2. The van der Waals surface area contributed by atoms with Crippen molar-refractivity contribution in [3.63, 3.8) is 0 Å². The van der Waals surface area contributed by atoms with Gasteiger partial charge in [-0.15, -0.1) is 10.2 Å². The van der Waals surface area contributed by atoms with Crippen LogP contribution in [0.25, 0.3) is 11.5 Å². The second-order valence-electron chi connectivity index (χ2n) is 6.55. The summed E-state index contributed by atoms with van der Waals surface area (Å²) in [6.45, 7) is 0. The maximum atomic E-state index is 12.2. The monoisotopic (exact) mass is 400 g/mol. The van der Waals surface area contributed by atoms with Crippen LogP contribution in [-0.4, -0.2) is 56.1 Å². The molecule has 3 heterocycles. The first-order valence-corrected chi connectivity index (χ1v) is 10.2. The molecule has 1 fully saturated rings. The van der Waals surface area contributed by atoms with Gasteiger partial charge in [-0.1, -0.05) is 6.07 Å². The van der Waals surface area contributed by atoms with E-state index in [2.05, 4.69) is 30.5 Å². The van der Waals surface area contributed by atoms with Crippen molar-refractivity contribution in [3.8, 4) is 11.5 Å². The number of nitrogens with zero attached hydrogens (tertiary/aromatic N) is 4. The Hall–Kier alpha value is -3.34. The lowest BCUT2D eigenvalue weighted by atomic mass is 9.97. The molecule has 4 rings (SSSR count). The van der Waals surface area contributed by atoms with Gasteiger partial charge in [-0.25, -0.2) is 23.2 Å². The molecule has 0 radical (unpaired) electrons. The van der Waals surface area contributed by atoms with E-state index in [-0.39, 0.29) is 23.5 Å². The predicted molar refractivity (Wildman–Crippen MR) is 99.4 cm³/mol. The van der Waals surface area contributed by atoms with E-state index in [0.29, 0.717) is 23.0 Å². The highest BCUT2D eigenvalue weighted by atomic mass is 32.2. The SMILES string of the molecule is O=C(O)c1cccc(NC2(c3nnc(-c4ccncn4)[nH]3)CCS(=O)(=O)C2)c1. The van der Waals surface area contributed by atoms with Crippen molar-refractivity contribution in [3.05, 3.63) is 54.2 Å². The van der Waals surface area contributed by atoms with Crippen LogP contribution in [0.2, 0.25) is 0 Å². The Labute approximate surface area is 160 Å². The van der Waals surface area contributed by atoms with E-state index in [0.717, 1.165) is 0 Å². The number of sulfone groups is 1. The number of carbonyl (C=O) groups is 1. The van der Waals surface area contributed by atoms with E-state index in [1.807, 2.05) is 0 Å². The molecule has 0 amide bonds. The van der Waals surface area contributed by atoms with Crippen LogP contribution in [0.4, 0.5) is 5.69 Å². The van der Waals surface area contributed by atoms with Crippen molar-refractivity contribution < 1.29 is 18.3 Å². The number of carboxylic acids is 1. The van der Waals surface area contributed by atoms with Crippen molar-refractivity contribution in [2.24, 2.45) is 0 Å². The zero-order chi connectivity index (χ0) is 19.8. The van der Waals surface area contributed by atoms with Crippen LogP contribution in [0.15, 0.2) is 42.9 Å². The van der Waals surface area contributed by atoms with Gasteiger partial charge in [-0.05, 0) is 30.7 Å². The molecule has 1 aromatic carbocycles. The van der Waals surface area contributed by atoms with Gasteiger partial charge >= 0.3 is 5.97 Å². The van der Waals surface area contributed by atoms with Crippen LogP contribution in [-0.2, 0) is 15.4 Å². The van der Waals surface area contributed by atoms with Gasteiger partial charge in [-0.3, -0.25) is 0 Å². The fourth-order valence-corrected chi connectivity index (χ4v) is 5.13. The fraction of sp³-hybridized carbons (Fsp3) is 0.235. The highest BCUT2D eigenvalue weighted by molar-refractivity contribution is 7.91. The van der Waals surface area contributed by atoms with Gasteiger partial charge in [0.15, 0.2) is 21.5 Å². The van der Waals surface area contributed by atoms with E-state index < -0.39 is 21.3 Å². The maximum Gasteiger partial charge on any atom is 0.335 e. The number of H-pyrrole nitrogens is 1. The molecule has 0 aliphatic carbocycles. The van der Waals surface area contributed by atoms with E-state index >= 15 is 0 Å². The fourth-order valence-electron chi connectivity index (χ4n) is 3.22. The summed E-state index contributed by atoms with van der Waals surface area (Å²) < 4.78 is 24.5. The number of anilines is 1. The lowest BCUT2D eigenvalue weighted by Gasteiger charge is -2.27. The molecule has 0 spiro atoms. The molecule has 3 N–H and O–H groups in total. The van der Waals surface area contributed by atoms with Crippen molar-refractivity contribution in [2.75, 3.05) is 16.8 Å². The first-order valence-electron chi connectivity index (χ1n) is 8.38. The van der Waals surface area contributed by atoms with Crippen LogP contribution in [0.1, 0.15) is 22.6 Å². The normalized spacial score (nSPS) is 20.7. The van der Waals surface area contributed by atoms with Crippen LogP contribution in [0, 0.1) is 0 Å². The minimum absolute atomic E-state index is 0.0117. The number of aromatic amines is 1. The van der Waals surface area contributed by atoms with E-state index in [4.69, 9.17) is 0 Å². The summed E-state index contributed by atoms with van der Waals surface area (Å²) in [5.41, 5.74) is 0.0590. The lowest BCUT2D eigenvalue weighted by Crippen LogP contribution is -2.38. The molecular formula is C17H16N6O4S. The predicted octanol–water partition coefficient (Wildman–Crippen LogP) is 1.09. The molecule has 3 aromatic rings. The van der Waals surface area contributed by atoms with Crippen molar-refractivity contribution in [1.82, 2.24) is 25.1 Å². The lowest BCUT2D eigenvalue weighted by molar-refractivity contribution is 0.0697. The summed E-state index contributed by atoms with van der Waals surface area (Å²) in [6.07, 6.45) is 3.21. The standard InChI is InChI=1S/C17H16N6O4S/c24-15(25)11-2-1-3-12(8-11)21-17(5-7-28(26,27)9-17)16-20-14(22-23-16)13-4-6-18-10-19-13/h1-4,6,8,10,21H,5,7,9H2,(H,24,25)(H,20,22,23). The number of nitrogens with one attached hydrogen (secondary N) is 2. The van der Waals surface area contributed by atoms with Gasteiger partial charge < -0.3 is 15.4 Å². The first-order chi connectivity index (χ1) is 13.4. The minimum atomic E-state index is -3.30. The highest BCUT2D eigenvalue weighted by Gasteiger charge is 2.46. The third-order valence-electron chi connectivity index (χ3n) is 4.56. The number of hydrogen-bond acceptors (Lipinski definition) is 8. The molecule has 0 saturated carbocycles. The molecule has 144 valence electrons. The molecule has 1 aliphatic heterocycles. The number of rotatable bonds is 5. The molecule has 1 unspecified atom stereocenters. The quantitative estimate of drug-likeness (QED) is 0.571. The molecule has 0 bridgehead atoms. The average molecular weight is 400 g/mol. The topological polar surface area (TPSA) is 151 Å². The summed E-state index contributed by atoms with van der Waals surface area (Å²) in [7, 11) is -3.30. The van der Waals surface area contributed by atoms with Gasteiger partial charge in [0.2, 0.25) is 0 Å². The van der Waals surface area contributed by atoms with Gasteiger partial charge in [0.1, 0.15) is 17.6 Å². The largest absolute Gasteiger partial charge is 0.478 e. The van der Waals surface area contributed by atoms with Crippen LogP contribution >= 0.6 is 0 Å². The van der Waals surface area contributed by atoms with Crippen molar-refractivity contribution in [2.45, 2.75) is 12.0 Å². The Morgan fingerprint density at radius 2 is 2.11 bits per heavy atom. The average Bonchev–Trinajstić information content (AvgIpc) is 3.28. The molecule has 10 nitrogen and oxygen atoms in total. The number of aromatic nitrogens is 5. The van der Waals surface area contributed by atoms with E-state index in [1.54, 1.807) is 24.4 Å². The molecule has 28 heavy (non-hydrogen) atoms. The highest BCUT2D eigenvalue weighted by Crippen LogP contribution is 2.36. The third kappa shape index (κ3) is 3.43. The Morgan fingerprint density at radius 3 is 2.79 bits per heavy atom. The van der Waals surface area contributed by atoms with Crippen molar-refractivity contribution in [1.29, 1.82) is 0 Å². The van der Waals surface area contributed by atoms with Gasteiger partial charge in [0.05, 0.1) is 17.1 Å². The van der Waals surface area contributed by atoms with Gasteiger partial charge in [0, 0.05) is 11.9 Å². The number of benzene rings is 1. The molecule has 1 atom stereocenters. The first kappa shape index (κ1) is 18.0. The summed E-state index contributed by atoms with van der Waals surface area (Å²) >= 11 is 0. The van der Waals surface area contributed by atoms with Gasteiger partial charge in [0.25, 0.3) is 0 Å². The molecular weight excluding hydrogens is 384 g/mol. The van der Waals surface area contributed by atoms with Gasteiger partial charge in [-0.2, -0.15) is 0 Å². The van der Waals surface area contributed by atoms with Crippen LogP contribution in [0.3, 0.4) is 0 Å². The molecule has 1 saturated heterocycles. The zero-order valence-electron chi connectivity index (χ0n) is 14.5. The summed E-state index contributed by atoms with van der Waals surface area (Å²) in [4.78, 5) is 22.3. The third-order valence-corrected chi connectivity index (χ3v) is 6.32. The van der Waals surface area contributed by atoms with Crippen LogP contribution < -0.4 is 5.32 Å². The number of aromatic carboxylic acids is 1. The number of hydrogen-bond donors (Lipinski definition) is 3. The number of carboxylic acid groups (broad SMARTS) is 1. The summed E-state index contributed by atoms with van der Waals surface area (Å²) in [5.74, 6) is -0.523.